The number of rotatable bonds is 5. The lowest BCUT2D eigenvalue weighted by molar-refractivity contribution is 0.559. The van der Waals surface area contributed by atoms with Gasteiger partial charge in [0.1, 0.15) is 0 Å². The van der Waals surface area contributed by atoms with Gasteiger partial charge in [0.2, 0.25) is 0 Å². The highest BCUT2D eigenvalue weighted by atomic mass is 32.2. The molecule has 0 aromatic carbocycles. The van der Waals surface area contributed by atoms with Crippen LogP contribution >= 0.6 is 23.1 Å². The summed E-state index contributed by atoms with van der Waals surface area (Å²) in [6.07, 6.45) is 2.62. The second-order valence-corrected chi connectivity index (χ2v) is 8.19. The summed E-state index contributed by atoms with van der Waals surface area (Å²) < 4.78 is 29.7. The molecule has 1 atom stereocenters. The van der Waals surface area contributed by atoms with Crippen LogP contribution in [-0.2, 0) is 10.0 Å². The van der Waals surface area contributed by atoms with Gasteiger partial charge in [-0.05, 0) is 19.1 Å². The third-order valence-corrected chi connectivity index (χ3v) is 6.53. The fraction of sp³-hybridized carbons (Fsp3) is 0.545. The molecule has 6 nitrogen and oxygen atoms in total. The van der Waals surface area contributed by atoms with Crippen molar-refractivity contribution in [1.29, 1.82) is 0 Å². The van der Waals surface area contributed by atoms with Crippen molar-refractivity contribution in [3.05, 3.63) is 11.6 Å². The topological polar surface area (TPSA) is 75.5 Å². The van der Waals surface area contributed by atoms with Gasteiger partial charge in [-0.15, -0.1) is 11.3 Å². The molecular formula is C11H16N4O2S3. The van der Waals surface area contributed by atoms with Crippen molar-refractivity contribution in [1.82, 2.24) is 14.1 Å². The number of aromatic nitrogens is 2. The molecule has 1 unspecified atom stereocenters. The zero-order valence-electron chi connectivity index (χ0n) is 11.0. The Morgan fingerprint density at radius 1 is 1.55 bits per heavy atom. The van der Waals surface area contributed by atoms with E-state index in [1.807, 2.05) is 12.3 Å². The van der Waals surface area contributed by atoms with Gasteiger partial charge in [-0.1, -0.05) is 0 Å². The maximum absolute atomic E-state index is 12.6. The van der Waals surface area contributed by atoms with Crippen LogP contribution in [0.3, 0.4) is 0 Å². The fourth-order valence-electron chi connectivity index (χ4n) is 2.21. The van der Waals surface area contributed by atoms with Gasteiger partial charge in [-0.2, -0.15) is 11.8 Å². The van der Waals surface area contributed by atoms with Crippen molar-refractivity contribution in [2.75, 3.05) is 23.4 Å². The van der Waals surface area contributed by atoms with Crippen LogP contribution in [0.4, 0.5) is 5.82 Å². The van der Waals surface area contributed by atoms with Gasteiger partial charge in [0, 0.05) is 29.9 Å². The summed E-state index contributed by atoms with van der Waals surface area (Å²) in [7, 11) is -3.57. The lowest BCUT2D eigenvalue weighted by Gasteiger charge is -2.12. The molecule has 0 saturated carbocycles. The number of thioether (sulfide) groups is 1. The number of imidazole rings is 1. The van der Waals surface area contributed by atoms with Gasteiger partial charge in [0.05, 0.1) is 0 Å². The number of hydrogen-bond acceptors (Lipinski definition) is 6. The van der Waals surface area contributed by atoms with E-state index >= 15 is 0 Å². The van der Waals surface area contributed by atoms with E-state index in [0.29, 0.717) is 17.3 Å². The van der Waals surface area contributed by atoms with Crippen LogP contribution in [0.5, 0.6) is 0 Å². The minimum absolute atomic E-state index is 0.0173. The van der Waals surface area contributed by atoms with E-state index in [0.717, 1.165) is 17.9 Å². The normalized spacial score (nSPS) is 19.8. The summed E-state index contributed by atoms with van der Waals surface area (Å²) in [5.41, 5.74) is 0. The zero-order chi connectivity index (χ0) is 14.2. The van der Waals surface area contributed by atoms with E-state index in [1.165, 1.54) is 11.3 Å². The minimum atomic E-state index is -3.57. The van der Waals surface area contributed by atoms with Crippen LogP contribution in [0, 0.1) is 0 Å². The van der Waals surface area contributed by atoms with E-state index in [1.54, 1.807) is 22.4 Å². The first-order valence-electron chi connectivity index (χ1n) is 6.41. The van der Waals surface area contributed by atoms with E-state index < -0.39 is 10.0 Å². The Labute approximate surface area is 126 Å². The van der Waals surface area contributed by atoms with Gasteiger partial charge in [-0.3, -0.25) is 4.40 Å². The van der Waals surface area contributed by atoms with Crippen molar-refractivity contribution in [2.24, 2.45) is 0 Å². The Morgan fingerprint density at radius 2 is 2.40 bits per heavy atom. The summed E-state index contributed by atoms with van der Waals surface area (Å²) in [5.74, 6) is 2.27. The second kappa shape index (κ2) is 5.55. The smallest absolute Gasteiger partial charge is 0.260 e. The highest BCUT2D eigenvalue weighted by Crippen LogP contribution is 2.27. The predicted octanol–water partition coefficient (Wildman–Crippen LogP) is 1.61. The van der Waals surface area contributed by atoms with Crippen LogP contribution in [0.15, 0.2) is 16.6 Å². The molecule has 0 amide bonds. The molecule has 0 spiro atoms. The maximum Gasteiger partial charge on any atom is 0.260 e. The molecule has 20 heavy (non-hydrogen) atoms. The second-order valence-electron chi connectivity index (χ2n) is 4.53. The van der Waals surface area contributed by atoms with Crippen LogP contribution in [0.25, 0.3) is 4.96 Å². The average Bonchev–Trinajstić information content (AvgIpc) is 3.04. The van der Waals surface area contributed by atoms with Crippen molar-refractivity contribution in [3.63, 3.8) is 0 Å². The standard InChI is InChI=1S/C11H16N4O2S3/c1-2-12-9-10(15-4-6-19-11(15)13-9)20(16,17)14-8-3-5-18-7-8/h4,6,8,12,14H,2-3,5,7H2,1H3. The van der Waals surface area contributed by atoms with Crippen LogP contribution < -0.4 is 10.0 Å². The molecule has 1 aliphatic rings. The molecule has 1 saturated heterocycles. The van der Waals surface area contributed by atoms with Gasteiger partial charge >= 0.3 is 0 Å². The molecule has 2 aromatic rings. The monoisotopic (exact) mass is 332 g/mol. The van der Waals surface area contributed by atoms with Gasteiger partial charge in [-0.25, -0.2) is 18.1 Å². The van der Waals surface area contributed by atoms with Crippen LogP contribution in [0.1, 0.15) is 13.3 Å². The molecule has 9 heteroatoms. The van der Waals surface area contributed by atoms with Crippen LogP contribution in [-0.4, -0.2) is 41.9 Å². The summed E-state index contributed by atoms with van der Waals surface area (Å²) in [6.45, 7) is 2.55. The Morgan fingerprint density at radius 3 is 3.10 bits per heavy atom. The van der Waals surface area contributed by atoms with E-state index in [-0.39, 0.29) is 11.1 Å². The van der Waals surface area contributed by atoms with Gasteiger partial charge in [0.15, 0.2) is 15.8 Å². The van der Waals surface area contributed by atoms with Gasteiger partial charge in [0.25, 0.3) is 10.0 Å². The van der Waals surface area contributed by atoms with Crippen molar-refractivity contribution in [2.45, 2.75) is 24.4 Å². The molecule has 0 radical (unpaired) electrons. The zero-order valence-corrected chi connectivity index (χ0v) is 13.4. The van der Waals surface area contributed by atoms with Crippen molar-refractivity contribution < 1.29 is 8.42 Å². The van der Waals surface area contributed by atoms with E-state index in [9.17, 15) is 8.42 Å². The molecule has 110 valence electrons. The average molecular weight is 332 g/mol. The number of sulfonamides is 1. The summed E-state index contributed by atoms with van der Waals surface area (Å²) in [4.78, 5) is 5.03. The summed E-state index contributed by atoms with van der Waals surface area (Å²) in [5, 5.41) is 5.08. The number of fused-ring (bicyclic) bond motifs is 1. The minimum Gasteiger partial charge on any atom is -0.368 e. The molecule has 1 fully saturated rings. The van der Waals surface area contributed by atoms with Crippen molar-refractivity contribution >= 4 is 43.9 Å². The highest BCUT2D eigenvalue weighted by Gasteiger charge is 2.29. The van der Waals surface area contributed by atoms with Gasteiger partial charge < -0.3 is 5.32 Å². The Balaban J connectivity index is 2.01. The number of anilines is 1. The maximum atomic E-state index is 12.6. The lowest BCUT2D eigenvalue weighted by Crippen LogP contribution is -2.35. The first kappa shape index (κ1) is 14.2. The first-order valence-corrected chi connectivity index (χ1v) is 9.93. The molecule has 0 aliphatic carbocycles. The largest absolute Gasteiger partial charge is 0.368 e. The number of thiazole rings is 1. The summed E-state index contributed by atoms with van der Waals surface area (Å²) in [6, 6.07) is 0.0173. The molecule has 1 aliphatic heterocycles. The van der Waals surface area contributed by atoms with Crippen molar-refractivity contribution in [3.8, 4) is 0 Å². The SMILES string of the molecule is CCNc1nc2sccn2c1S(=O)(=O)NC1CCSC1. The van der Waals surface area contributed by atoms with Crippen LogP contribution in [0.2, 0.25) is 0 Å². The summed E-state index contributed by atoms with van der Waals surface area (Å²) >= 11 is 3.20. The Bertz CT molecular complexity index is 700. The fourth-order valence-corrected chi connectivity index (χ4v) is 5.77. The Hall–Kier alpha value is -0.770. The number of nitrogens with one attached hydrogen (secondary N) is 2. The Kier molecular flexibility index (Phi) is 3.93. The third-order valence-electron chi connectivity index (χ3n) is 3.07. The predicted molar refractivity (Wildman–Crippen MR) is 83.3 cm³/mol. The first-order chi connectivity index (χ1) is 9.62. The quantitative estimate of drug-likeness (QED) is 0.870. The molecule has 2 N–H and O–H groups in total. The molecule has 3 heterocycles. The third kappa shape index (κ3) is 2.54. The molecule has 3 rings (SSSR count). The molecule has 0 bridgehead atoms. The van der Waals surface area contributed by atoms with E-state index in [4.69, 9.17) is 0 Å². The molecule has 2 aromatic heterocycles. The molecular weight excluding hydrogens is 316 g/mol. The number of nitrogens with zero attached hydrogens (tertiary/aromatic N) is 2. The lowest BCUT2D eigenvalue weighted by atomic mass is 10.3. The number of hydrogen-bond donors (Lipinski definition) is 2. The van der Waals surface area contributed by atoms with E-state index in [2.05, 4.69) is 15.0 Å². The highest BCUT2D eigenvalue weighted by molar-refractivity contribution is 7.99.